The first-order chi connectivity index (χ1) is 22.2. The molecule has 0 aromatic heterocycles. The second kappa shape index (κ2) is 18.2. The van der Waals surface area contributed by atoms with Crippen LogP contribution in [0.1, 0.15) is 143 Å². The van der Waals surface area contributed by atoms with Gasteiger partial charge in [-0.05, 0) is 97.6 Å². The fourth-order valence-corrected chi connectivity index (χ4v) is 9.91. The van der Waals surface area contributed by atoms with E-state index in [0.29, 0.717) is 0 Å². The maximum Gasteiger partial charge on any atom is 0.136 e. The molecule has 1 aliphatic rings. The summed E-state index contributed by atoms with van der Waals surface area (Å²) in [6.45, 7) is 26.9. The van der Waals surface area contributed by atoms with Crippen molar-refractivity contribution in [1.82, 2.24) is 9.80 Å². The molecule has 0 radical (unpaired) electrons. The lowest BCUT2D eigenvalue weighted by atomic mass is 9.69. The number of benzene rings is 2. The number of unbranched alkanes of at least 4 members (excludes halogenated alkanes) is 4. The van der Waals surface area contributed by atoms with Crippen LogP contribution in [0, 0.1) is 0 Å². The topological polar surface area (TPSA) is 6.48 Å². The summed E-state index contributed by atoms with van der Waals surface area (Å²) in [6, 6.07) is 14.9. The third kappa shape index (κ3) is 10.5. The molecule has 0 N–H and O–H groups in total. The molecule has 0 aliphatic heterocycles. The molecule has 2 nitrogen and oxygen atoms in total. The van der Waals surface area contributed by atoms with Crippen molar-refractivity contribution in [3.63, 3.8) is 0 Å². The third-order valence-electron chi connectivity index (χ3n) is 10.1. The third-order valence-corrected chi connectivity index (χ3v) is 13.3. The maximum absolute atomic E-state index is 5.72. The molecule has 0 atom stereocenters. The van der Waals surface area contributed by atoms with Gasteiger partial charge < -0.3 is 9.80 Å². The van der Waals surface area contributed by atoms with Gasteiger partial charge >= 0.3 is 0 Å². The molecule has 0 amide bonds. The molecule has 2 aromatic carbocycles. The molecule has 0 fully saturated rings. The molecule has 47 heavy (non-hydrogen) atoms. The van der Waals surface area contributed by atoms with Crippen LogP contribution in [-0.4, -0.2) is 56.1 Å². The Balaban J connectivity index is 1.88. The van der Waals surface area contributed by atoms with E-state index in [1.54, 1.807) is 11.1 Å². The quantitative estimate of drug-likeness (QED) is 0.125. The lowest BCUT2D eigenvalue weighted by molar-refractivity contribution is 0.404. The van der Waals surface area contributed by atoms with E-state index in [4.69, 9.17) is 24.4 Å². The average Bonchev–Trinajstić information content (AvgIpc) is 3.29. The summed E-state index contributed by atoms with van der Waals surface area (Å²) in [5.41, 5.74) is 9.29. The van der Waals surface area contributed by atoms with E-state index in [-0.39, 0.29) is 16.2 Å². The van der Waals surface area contributed by atoms with E-state index in [1.807, 2.05) is 23.5 Å². The molecule has 2 aromatic rings. The van der Waals surface area contributed by atoms with Gasteiger partial charge in [-0.2, -0.15) is 0 Å². The molecule has 0 saturated heterocycles. The Labute approximate surface area is 309 Å². The second-order valence-electron chi connectivity index (χ2n) is 15.3. The highest BCUT2D eigenvalue weighted by Gasteiger charge is 2.43. The van der Waals surface area contributed by atoms with Crippen LogP contribution < -0.4 is 0 Å². The number of hydrogen-bond acceptors (Lipinski definition) is 4. The zero-order valence-electron chi connectivity index (χ0n) is 31.4. The largest absolute Gasteiger partial charge is 0.358 e. The normalized spacial score (nSPS) is 13.7. The van der Waals surface area contributed by atoms with Crippen molar-refractivity contribution in [2.75, 3.05) is 37.7 Å². The van der Waals surface area contributed by atoms with Crippen LogP contribution in [0.25, 0.3) is 11.1 Å². The standard InChI is InChI=1S/C41H64N2S4/c1-11-42(12-2)37(44)46-27-19-15-17-25-41(26-18-16-20-28-47-38(45)43(13-3)14-4)35-29-31(39(5,6)7)21-23-33(35)34-24-22-32(30-36(34)41)40(8,9)10/h21-24,29-30H,11-20,25-28H2,1-10H3. The summed E-state index contributed by atoms with van der Waals surface area (Å²) in [7, 11) is 0. The van der Waals surface area contributed by atoms with Gasteiger partial charge in [0, 0.05) is 43.1 Å². The first kappa shape index (κ1) is 40.4. The molecule has 1 aliphatic carbocycles. The van der Waals surface area contributed by atoms with Gasteiger partial charge in [0.25, 0.3) is 0 Å². The number of nitrogens with zero attached hydrogens (tertiary/aromatic N) is 2. The molecule has 3 rings (SSSR count). The summed E-state index contributed by atoms with van der Waals surface area (Å²) < 4.78 is 2.12. The first-order valence-corrected chi connectivity index (χ1v) is 21.2. The fraction of sp³-hybridized carbons (Fsp3) is 0.659. The van der Waals surface area contributed by atoms with Crippen molar-refractivity contribution < 1.29 is 0 Å². The lowest BCUT2D eigenvalue weighted by Gasteiger charge is -2.35. The van der Waals surface area contributed by atoms with Crippen LogP contribution in [-0.2, 0) is 16.2 Å². The fourth-order valence-electron chi connectivity index (χ4n) is 6.97. The van der Waals surface area contributed by atoms with Crippen molar-refractivity contribution in [1.29, 1.82) is 0 Å². The van der Waals surface area contributed by atoms with Crippen molar-refractivity contribution in [2.24, 2.45) is 0 Å². The molecule has 0 saturated carbocycles. The molecule has 6 heteroatoms. The van der Waals surface area contributed by atoms with E-state index in [9.17, 15) is 0 Å². The van der Waals surface area contributed by atoms with Crippen molar-refractivity contribution in [2.45, 2.75) is 137 Å². The predicted octanol–water partition coefficient (Wildman–Crippen LogP) is 12.4. The zero-order valence-corrected chi connectivity index (χ0v) is 34.7. The van der Waals surface area contributed by atoms with Gasteiger partial charge in [0.15, 0.2) is 0 Å². The van der Waals surface area contributed by atoms with Gasteiger partial charge in [-0.3, -0.25) is 0 Å². The number of thiocarbonyl (C=S) groups is 2. The Morgan fingerprint density at radius 3 is 1.26 bits per heavy atom. The SMILES string of the molecule is CCN(CC)C(=S)SCCCCCC1(CCCCCSC(=S)N(CC)CC)c2cc(C(C)(C)C)ccc2-c2ccc(C(C)(C)C)cc21. The molecule has 0 unspecified atom stereocenters. The van der Waals surface area contributed by atoms with E-state index in [1.165, 1.54) is 73.6 Å². The Morgan fingerprint density at radius 2 is 0.936 bits per heavy atom. The van der Waals surface area contributed by atoms with Crippen LogP contribution in [0.4, 0.5) is 0 Å². The Hall–Kier alpha value is -1.08. The summed E-state index contributed by atoms with van der Waals surface area (Å²) in [6.07, 6.45) is 9.83. The van der Waals surface area contributed by atoms with Crippen molar-refractivity contribution in [3.05, 3.63) is 58.7 Å². The van der Waals surface area contributed by atoms with E-state index in [0.717, 1.165) is 46.3 Å². The zero-order chi connectivity index (χ0) is 34.8. The number of hydrogen-bond donors (Lipinski definition) is 0. The monoisotopic (exact) mass is 712 g/mol. The summed E-state index contributed by atoms with van der Waals surface area (Å²) in [5.74, 6) is 2.23. The predicted molar refractivity (Wildman–Crippen MR) is 223 cm³/mol. The minimum absolute atomic E-state index is 0.0561. The number of rotatable bonds is 16. The Bertz CT molecular complexity index is 1210. The van der Waals surface area contributed by atoms with Crippen LogP contribution in [0.5, 0.6) is 0 Å². The second-order valence-corrected chi connectivity index (χ2v) is 18.8. The van der Waals surface area contributed by atoms with Crippen LogP contribution in [0.15, 0.2) is 36.4 Å². The average molecular weight is 713 g/mol. The lowest BCUT2D eigenvalue weighted by Crippen LogP contribution is -2.27. The van der Waals surface area contributed by atoms with Gasteiger partial charge in [-0.15, -0.1) is 0 Å². The minimum atomic E-state index is 0.0561. The number of thioether (sulfide) groups is 2. The highest BCUT2D eigenvalue weighted by molar-refractivity contribution is 8.23. The van der Waals surface area contributed by atoms with E-state index in [2.05, 4.69) is 115 Å². The first-order valence-electron chi connectivity index (χ1n) is 18.4. The van der Waals surface area contributed by atoms with Gasteiger partial charge in [0.1, 0.15) is 8.64 Å². The van der Waals surface area contributed by atoms with Gasteiger partial charge in [0.2, 0.25) is 0 Å². The van der Waals surface area contributed by atoms with E-state index < -0.39 is 0 Å². The van der Waals surface area contributed by atoms with Gasteiger partial charge in [-0.25, -0.2) is 0 Å². The molecule has 0 bridgehead atoms. The van der Waals surface area contributed by atoms with Crippen molar-refractivity contribution in [3.8, 4) is 11.1 Å². The van der Waals surface area contributed by atoms with Gasteiger partial charge in [-0.1, -0.05) is 152 Å². The highest BCUT2D eigenvalue weighted by atomic mass is 32.2. The van der Waals surface area contributed by atoms with Gasteiger partial charge in [0.05, 0.1) is 0 Å². The molecule has 0 spiro atoms. The maximum atomic E-state index is 5.72. The number of fused-ring (bicyclic) bond motifs is 3. The smallest absolute Gasteiger partial charge is 0.136 e. The molecular weight excluding hydrogens is 649 g/mol. The van der Waals surface area contributed by atoms with Crippen LogP contribution >= 0.6 is 48.0 Å². The summed E-state index contributed by atoms with van der Waals surface area (Å²) >= 11 is 15.2. The summed E-state index contributed by atoms with van der Waals surface area (Å²) in [5, 5.41) is 0. The molecule has 0 heterocycles. The Kier molecular flexibility index (Phi) is 15.7. The van der Waals surface area contributed by atoms with Crippen LogP contribution in [0.3, 0.4) is 0 Å². The highest BCUT2D eigenvalue weighted by Crippen LogP contribution is 2.55. The Morgan fingerprint density at radius 1 is 0.574 bits per heavy atom. The van der Waals surface area contributed by atoms with Crippen LogP contribution in [0.2, 0.25) is 0 Å². The molecular formula is C41H64N2S4. The minimum Gasteiger partial charge on any atom is -0.358 e. The molecule has 262 valence electrons. The van der Waals surface area contributed by atoms with Crippen molar-refractivity contribution >= 4 is 56.6 Å². The summed E-state index contributed by atoms with van der Waals surface area (Å²) in [4.78, 5) is 4.60. The van der Waals surface area contributed by atoms with E-state index >= 15 is 0 Å².